The molecule has 0 aromatic carbocycles. The number of hydrogen-bond acceptors (Lipinski definition) is 2. The van der Waals surface area contributed by atoms with E-state index in [1.165, 1.54) is 0 Å². The van der Waals surface area contributed by atoms with Crippen LogP contribution in [0.4, 0.5) is 0 Å². The number of hydrogen-bond donors (Lipinski definition) is 1. The van der Waals surface area contributed by atoms with Crippen molar-refractivity contribution in [3.63, 3.8) is 0 Å². The molecule has 1 saturated carbocycles. The van der Waals surface area contributed by atoms with Crippen molar-refractivity contribution in [1.82, 2.24) is 4.90 Å². The molecule has 1 unspecified atom stereocenters. The molecule has 0 aromatic rings. The molecule has 0 radical (unpaired) electrons. The lowest BCUT2D eigenvalue weighted by molar-refractivity contribution is -0.152. The quantitative estimate of drug-likeness (QED) is 0.780. The second kappa shape index (κ2) is 7.09. The van der Waals surface area contributed by atoms with Crippen LogP contribution in [-0.4, -0.2) is 34.5 Å². The molecule has 1 aliphatic carbocycles. The summed E-state index contributed by atoms with van der Waals surface area (Å²) in [7, 11) is 0. The highest BCUT2D eigenvalue weighted by Crippen LogP contribution is 2.45. The molecule has 1 aliphatic rings. The number of carbonyl (C=O) groups excluding carboxylic acids is 1. The summed E-state index contributed by atoms with van der Waals surface area (Å²) in [5.41, 5.74) is -0.312. The summed E-state index contributed by atoms with van der Waals surface area (Å²) in [4.78, 5) is 25.7. The van der Waals surface area contributed by atoms with Crippen LogP contribution in [0.15, 0.2) is 0 Å². The molecule has 0 aromatic heterocycles. The molecule has 0 bridgehead atoms. The van der Waals surface area contributed by atoms with Crippen molar-refractivity contribution in [1.29, 1.82) is 0 Å². The van der Waals surface area contributed by atoms with Gasteiger partial charge in [0.2, 0.25) is 5.91 Å². The lowest BCUT2D eigenvalue weighted by atomic mass is 9.77. The molecule has 1 rings (SSSR count). The van der Waals surface area contributed by atoms with E-state index in [0.717, 1.165) is 38.5 Å². The fourth-order valence-corrected chi connectivity index (χ4v) is 3.44. The Kier molecular flexibility index (Phi) is 6.03. The highest BCUT2D eigenvalue weighted by atomic mass is 16.4. The molecule has 0 spiro atoms. The Hall–Kier alpha value is -1.06. The first-order valence-electron chi connectivity index (χ1n) is 7.85. The number of carboxylic acids is 1. The van der Waals surface area contributed by atoms with Crippen LogP contribution in [0.2, 0.25) is 0 Å². The Morgan fingerprint density at radius 2 is 1.75 bits per heavy atom. The number of nitrogens with zero attached hydrogens (tertiary/aromatic N) is 1. The molecule has 1 N–H and O–H groups in total. The zero-order valence-electron chi connectivity index (χ0n) is 13.3. The summed E-state index contributed by atoms with van der Waals surface area (Å²) < 4.78 is 0. The van der Waals surface area contributed by atoms with Gasteiger partial charge >= 0.3 is 5.97 Å². The van der Waals surface area contributed by atoms with E-state index in [9.17, 15) is 9.59 Å². The van der Waals surface area contributed by atoms with E-state index in [1.807, 2.05) is 13.8 Å². The van der Waals surface area contributed by atoms with E-state index in [-0.39, 0.29) is 23.9 Å². The Morgan fingerprint density at radius 3 is 2.15 bits per heavy atom. The summed E-state index contributed by atoms with van der Waals surface area (Å²) in [6, 6.07) is -0.0109. The summed E-state index contributed by atoms with van der Waals surface area (Å²) in [6.45, 7) is 8.04. The van der Waals surface area contributed by atoms with E-state index in [1.54, 1.807) is 4.90 Å². The third kappa shape index (κ3) is 3.97. The molecule has 0 saturated heterocycles. The maximum Gasteiger partial charge on any atom is 0.323 e. The third-order valence-corrected chi connectivity index (χ3v) is 4.50. The van der Waals surface area contributed by atoms with E-state index in [4.69, 9.17) is 5.11 Å². The predicted octanol–water partition coefficient (Wildman–Crippen LogP) is 3.30. The standard InChI is InChI=1S/C16H29NO3/c1-5-13(4)17(11-14(18)19)15(20)16(10-12(2)3)8-6-7-9-16/h12-13H,5-11H2,1-4H3,(H,18,19). The fourth-order valence-electron chi connectivity index (χ4n) is 3.44. The fraction of sp³-hybridized carbons (Fsp3) is 0.875. The number of carboxylic acid groups (broad SMARTS) is 1. The van der Waals surface area contributed by atoms with Crippen LogP contribution < -0.4 is 0 Å². The summed E-state index contributed by atoms with van der Waals surface area (Å²) in [5, 5.41) is 9.09. The first-order valence-corrected chi connectivity index (χ1v) is 7.85. The molecule has 0 heterocycles. The average molecular weight is 283 g/mol. The van der Waals surface area contributed by atoms with Gasteiger partial charge in [-0.05, 0) is 38.5 Å². The van der Waals surface area contributed by atoms with E-state index >= 15 is 0 Å². The van der Waals surface area contributed by atoms with E-state index < -0.39 is 5.97 Å². The number of amides is 1. The molecule has 0 aliphatic heterocycles. The molecular weight excluding hydrogens is 254 g/mol. The van der Waals surface area contributed by atoms with Gasteiger partial charge in [0.05, 0.1) is 0 Å². The molecule has 1 fully saturated rings. The normalized spacial score (nSPS) is 19.1. The van der Waals surface area contributed by atoms with Crippen molar-refractivity contribution in [3.8, 4) is 0 Å². The Bertz CT molecular complexity index is 346. The lowest BCUT2D eigenvalue weighted by Gasteiger charge is -2.37. The van der Waals surface area contributed by atoms with Crippen molar-refractivity contribution in [2.45, 2.75) is 72.3 Å². The summed E-state index contributed by atoms with van der Waals surface area (Å²) in [6.07, 6.45) is 5.65. The zero-order valence-corrected chi connectivity index (χ0v) is 13.3. The van der Waals surface area contributed by atoms with E-state index in [2.05, 4.69) is 13.8 Å². The van der Waals surface area contributed by atoms with Gasteiger partial charge in [-0.25, -0.2) is 0 Å². The minimum atomic E-state index is -0.920. The summed E-state index contributed by atoms with van der Waals surface area (Å²) in [5.74, 6) is -0.391. The molecule has 4 nitrogen and oxygen atoms in total. The molecule has 1 atom stereocenters. The second-order valence-corrected chi connectivity index (χ2v) is 6.67. The van der Waals surface area contributed by atoms with Gasteiger partial charge in [-0.2, -0.15) is 0 Å². The first kappa shape index (κ1) is 17.0. The predicted molar refractivity (Wildman–Crippen MR) is 79.5 cm³/mol. The largest absolute Gasteiger partial charge is 0.480 e. The number of carbonyl (C=O) groups is 2. The van der Waals surface area contributed by atoms with Crippen LogP contribution in [0.3, 0.4) is 0 Å². The maximum atomic E-state index is 13.0. The van der Waals surface area contributed by atoms with Gasteiger partial charge in [0.15, 0.2) is 0 Å². The Labute approximate surface area is 122 Å². The highest BCUT2D eigenvalue weighted by Gasteiger charge is 2.44. The molecule has 1 amide bonds. The second-order valence-electron chi connectivity index (χ2n) is 6.67. The number of rotatable bonds is 7. The van der Waals surface area contributed by atoms with Gasteiger partial charge in [-0.15, -0.1) is 0 Å². The van der Waals surface area contributed by atoms with Gasteiger partial charge in [0.1, 0.15) is 6.54 Å². The average Bonchev–Trinajstić information content (AvgIpc) is 2.82. The van der Waals surface area contributed by atoms with Gasteiger partial charge in [-0.1, -0.05) is 33.6 Å². The van der Waals surface area contributed by atoms with Crippen LogP contribution in [0.25, 0.3) is 0 Å². The van der Waals surface area contributed by atoms with Crippen molar-refractivity contribution < 1.29 is 14.7 Å². The van der Waals surface area contributed by atoms with Gasteiger partial charge in [0, 0.05) is 11.5 Å². The minimum absolute atomic E-state index is 0.0109. The summed E-state index contributed by atoms with van der Waals surface area (Å²) >= 11 is 0. The molecular formula is C16H29NO3. The van der Waals surface area contributed by atoms with Crippen LogP contribution in [0.5, 0.6) is 0 Å². The smallest absolute Gasteiger partial charge is 0.323 e. The minimum Gasteiger partial charge on any atom is -0.480 e. The Morgan fingerprint density at radius 1 is 1.20 bits per heavy atom. The van der Waals surface area contributed by atoms with Crippen LogP contribution >= 0.6 is 0 Å². The number of aliphatic carboxylic acids is 1. The van der Waals surface area contributed by atoms with Gasteiger partial charge in [0.25, 0.3) is 0 Å². The van der Waals surface area contributed by atoms with Crippen LogP contribution in [-0.2, 0) is 9.59 Å². The highest BCUT2D eigenvalue weighted by molar-refractivity contribution is 5.86. The first-order chi connectivity index (χ1) is 9.32. The molecule has 116 valence electrons. The van der Waals surface area contributed by atoms with Crippen molar-refractivity contribution in [2.75, 3.05) is 6.54 Å². The van der Waals surface area contributed by atoms with Crippen molar-refractivity contribution >= 4 is 11.9 Å². The topological polar surface area (TPSA) is 57.6 Å². The van der Waals surface area contributed by atoms with Crippen molar-refractivity contribution in [3.05, 3.63) is 0 Å². The van der Waals surface area contributed by atoms with Crippen LogP contribution in [0.1, 0.15) is 66.2 Å². The van der Waals surface area contributed by atoms with Gasteiger partial charge < -0.3 is 10.0 Å². The van der Waals surface area contributed by atoms with E-state index in [0.29, 0.717) is 5.92 Å². The monoisotopic (exact) mass is 283 g/mol. The van der Waals surface area contributed by atoms with Gasteiger partial charge in [-0.3, -0.25) is 9.59 Å². The lowest BCUT2D eigenvalue weighted by Crippen LogP contribution is -2.49. The Balaban J connectivity index is 2.97. The third-order valence-electron chi connectivity index (χ3n) is 4.50. The van der Waals surface area contributed by atoms with Crippen molar-refractivity contribution in [2.24, 2.45) is 11.3 Å². The molecule has 20 heavy (non-hydrogen) atoms. The maximum absolute atomic E-state index is 13.0. The molecule has 4 heteroatoms. The SMILES string of the molecule is CCC(C)N(CC(=O)O)C(=O)C1(CC(C)C)CCCC1. The van der Waals surface area contributed by atoms with Crippen LogP contribution in [0, 0.1) is 11.3 Å². The zero-order chi connectivity index (χ0) is 15.3.